The fourth-order valence-corrected chi connectivity index (χ4v) is 3.12. The van der Waals surface area contributed by atoms with Crippen LogP contribution in [-0.2, 0) is 9.53 Å². The van der Waals surface area contributed by atoms with Crippen LogP contribution < -0.4 is 14.4 Å². The average Bonchev–Trinajstić information content (AvgIpc) is 3.30. The fourth-order valence-electron chi connectivity index (χ4n) is 3.12. The third-order valence-electron chi connectivity index (χ3n) is 4.95. The van der Waals surface area contributed by atoms with E-state index in [0.29, 0.717) is 19.0 Å². The Morgan fingerprint density at radius 2 is 1.77 bits per heavy atom. The highest BCUT2D eigenvalue weighted by atomic mass is 16.6. The van der Waals surface area contributed by atoms with Gasteiger partial charge in [0.15, 0.2) is 5.60 Å². The molecule has 0 saturated carbocycles. The first-order chi connectivity index (χ1) is 14.9. The van der Waals surface area contributed by atoms with E-state index in [1.54, 1.807) is 32.9 Å². The van der Waals surface area contributed by atoms with Crippen molar-refractivity contribution in [3.63, 3.8) is 0 Å². The monoisotopic (exact) mass is 422 g/mol. The Hall–Kier alpha value is -3.28. The van der Waals surface area contributed by atoms with E-state index in [4.69, 9.17) is 14.2 Å². The Morgan fingerprint density at radius 1 is 1.10 bits per heavy atom. The highest BCUT2D eigenvalue weighted by Gasteiger charge is 2.31. The molecule has 0 spiro atoms. The van der Waals surface area contributed by atoms with Crippen LogP contribution in [0, 0.1) is 0 Å². The normalized spacial score (nSPS) is 13.9. The maximum atomic E-state index is 12.0. The summed E-state index contributed by atoms with van der Waals surface area (Å²) in [5.41, 5.74) is 2.42. The molecule has 0 fully saturated rings. The quantitative estimate of drug-likeness (QED) is 0.547. The molecule has 1 aliphatic heterocycles. The van der Waals surface area contributed by atoms with E-state index in [1.807, 2.05) is 18.5 Å². The molecular formula is C25H30N2O4. The molecule has 164 valence electrons. The lowest BCUT2D eigenvalue weighted by atomic mass is 10.1. The number of carbonyl (C=O) groups excluding carboxylic acids is 1. The lowest BCUT2D eigenvalue weighted by molar-refractivity contribution is -0.158. The van der Waals surface area contributed by atoms with Gasteiger partial charge in [-0.15, -0.1) is 0 Å². The Balaban J connectivity index is 1.52. The minimum atomic E-state index is -1.05. The van der Waals surface area contributed by atoms with Crippen LogP contribution >= 0.6 is 0 Å². The maximum absolute atomic E-state index is 12.0. The standard InChI is InChI=1S/C25H30N2O4/c1-5-29-24(28)25(3,4)31-23-12-10-22(11-13-23)30-17-14-19(2)20-6-8-21(9-7-20)27-16-15-26-18-27/h6-14,18H,5,15-17H2,1-4H3/b19-14+. The second kappa shape index (κ2) is 10.2. The summed E-state index contributed by atoms with van der Waals surface area (Å²) in [5.74, 6) is 0.923. The molecule has 0 bridgehead atoms. The zero-order chi connectivity index (χ0) is 22.3. The van der Waals surface area contributed by atoms with Gasteiger partial charge in [0, 0.05) is 12.2 Å². The van der Waals surface area contributed by atoms with Crippen molar-refractivity contribution in [1.82, 2.24) is 0 Å². The minimum absolute atomic E-state index is 0.322. The topological polar surface area (TPSA) is 60.4 Å². The van der Waals surface area contributed by atoms with Crippen LogP contribution in [0.4, 0.5) is 5.69 Å². The maximum Gasteiger partial charge on any atom is 0.349 e. The van der Waals surface area contributed by atoms with Gasteiger partial charge in [-0.3, -0.25) is 4.99 Å². The van der Waals surface area contributed by atoms with Crippen molar-refractivity contribution in [2.75, 3.05) is 31.2 Å². The number of allylic oxidation sites excluding steroid dienone is 1. The van der Waals surface area contributed by atoms with Crippen LogP contribution in [-0.4, -0.2) is 44.2 Å². The number of esters is 1. The van der Waals surface area contributed by atoms with Crippen molar-refractivity contribution in [3.8, 4) is 11.5 Å². The van der Waals surface area contributed by atoms with Gasteiger partial charge in [0.25, 0.3) is 0 Å². The average molecular weight is 423 g/mol. The van der Waals surface area contributed by atoms with Gasteiger partial charge >= 0.3 is 5.97 Å². The minimum Gasteiger partial charge on any atom is -0.490 e. The first kappa shape index (κ1) is 22.4. The van der Waals surface area contributed by atoms with Crippen molar-refractivity contribution < 1.29 is 19.0 Å². The third kappa shape index (κ3) is 6.10. The van der Waals surface area contributed by atoms with Crippen LogP contribution in [0.15, 0.2) is 59.6 Å². The number of rotatable bonds is 9. The number of ether oxygens (including phenoxy) is 3. The molecule has 0 atom stereocenters. The number of carbonyl (C=O) groups is 1. The summed E-state index contributed by atoms with van der Waals surface area (Å²) in [6.45, 7) is 9.80. The number of aliphatic imine (C=N–C) groups is 1. The van der Waals surface area contributed by atoms with E-state index in [2.05, 4.69) is 47.2 Å². The summed E-state index contributed by atoms with van der Waals surface area (Å²) < 4.78 is 16.6. The number of benzene rings is 2. The molecule has 2 aromatic rings. The summed E-state index contributed by atoms with van der Waals surface area (Å²) in [4.78, 5) is 18.4. The van der Waals surface area contributed by atoms with E-state index >= 15 is 0 Å². The SMILES string of the molecule is CCOC(=O)C(C)(C)Oc1ccc(OC/C=C(\C)c2ccc(N3C=NCC3)cc2)cc1. The second-order valence-electron chi connectivity index (χ2n) is 7.76. The van der Waals surface area contributed by atoms with Gasteiger partial charge in [-0.05, 0) is 81.3 Å². The molecule has 0 saturated heterocycles. The molecule has 6 heteroatoms. The Labute approximate surface area is 184 Å². The van der Waals surface area contributed by atoms with Crippen LogP contribution in [0.2, 0.25) is 0 Å². The van der Waals surface area contributed by atoms with Crippen LogP contribution in [0.5, 0.6) is 11.5 Å². The number of nitrogens with zero attached hydrogens (tertiary/aromatic N) is 2. The molecule has 3 rings (SSSR count). The van der Waals surface area contributed by atoms with Crippen molar-refractivity contribution in [2.45, 2.75) is 33.3 Å². The molecule has 2 aromatic carbocycles. The molecule has 31 heavy (non-hydrogen) atoms. The van der Waals surface area contributed by atoms with Gasteiger partial charge in [-0.2, -0.15) is 0 Å². The highest BCUT2D eigenvalue weighted by molar-refractivity contribution is 5.81. The van der Waals surface area contributed by atoms with Crippen LogP contribution in [0.3, 0.4) is 0 Å². The molecule has 0 amide bonds. The summed E-state index contributed by atoms with van der Waals surface area (Å²) in [6, 6.07) is 15.7. The van der Waals surface area contributed by atoms with E-state index in [1.165, 1.54) is 0 Å². The van der Waals surface area contributed by atoms with E-state index in [9.17, 15) is 4.79 Å². The molecule has 0 unspecified atom stereocenters. The summed E-state index contributed by atoms with van der Waals surface area (Å²) in [7, 11) is 0. The van der Waals surface area contributed by atoms with Gasteiger partial charge in [-0.1, -0.05) is 12.1 Å². The molecule has 6 nitrogen and oxygen atoms in total. The first-order valence-corrected chi connectivity index (χ1v) is 10.5. The zero-order valence-corrected chi connectivity index (χ0v) is 18.6. The second-order valence-corrected chi connectivity index (χ2v) is 7.76. The van der Waals surface area contributed by atoms with Gasteiger partial charge in [-0.25, -0.2) is 4.79 Å². The molecule has 1 aliphatic rings. The molecule has 0 N–H and O–H groups in total. The van der Waals surface area contributed by atoms with Gasteiger partial charge in [0.1, 0.15) is 18.1 Å². The number of anilines is 1. The Kier molecular flexibility index (Phi) is 7.34. The first-order valence-electron chi connectivity index (χ1n) is 10.5. The molecule has 1 heterocycles. The molecule has 0 radical (unpaired) electrons. The largest absolute Gasteiger partial charge is 0.490 e. The Bertz CT molecular complexity index is 931. The van der Waals surface area contributed by atoms with Crippen molar-refractivity contribution in [2.24, 2.45) is 4.99 Å². The highest BCUT2D eigenvalue weighted by Crippen LogP contribution is 2.24. The smallest absolute Gasteiger partial charge is 0.349 e. The number of hydrogen-bond donors (Lipinski definition) is 0. The predicted octanol–water partition coefficient (Wildman–Crippen LogP) is 4.74. The van der Waals surface area contributed by atoms with Gasteiger partial charge in [0.2, 0.25) is 0 Å². The zero-order valence-electron chi connectivity index (χ0n) is 18.6. The lowest BCUT2D eigenvalue weighted by Gasteiger charge is -2.24. The molecule has 0 aromatic heterocycles. The predicted molar refractivity (Wildman–Crippen MR) is 124 cm³/mol. The van der Waals surface area contributed by atoms with Gasteiger partial charge in [0.05, 0.1) is 19.5 Å². The Morgan fingerprint density at radius 3 is 2.39 bits per heavy atom. The number of hydrogen-bond acceptors (Lipinski definition) is 6. The van der Waals surface area contributed by atoms with Crippen molar-refractivity contribution in [1.29, 1.82) is 0 Å². The van der Waals surface area contributed by atoms with E-state index < -0.39 is 11.6 Å². The van der Waals surface area contributed by atoms with Crippen molar-refractivity contribution >= 4 is 23.6 Å². The summed E-state index contributed by atoms with van der Waals surface area (Å²) in [5, 5.41) is 0. The molecular weight excluding hydrogens is 392 g/mol. The third-order valence-corrected chi connectivity index (χ3v) is 4.95. The lowest BCUT2D eigenvalue weighted by Crippen LogP contribution is -2.39. The van der Waals surface area contributed by atoms with Gasteiger partial charge < -0.3 is 19.1 Å². The van der Waals surface area contributed by atoms with Crippen LogP contribution in [0.1, 0.15) is 33.3 Å². The van der Waals surface area contributed by atoms with E-state index in [0.717, 1.165) is 35.7 Å². The summed E-state index contributed by atoms with van der Waals surface area (Å²) in [6.07, 6.45) is 3.94. The fraction of sp³-hybridized carbons (Fsp3) is 0.360. The summed E-state index contributed by atoms with van der Waals surface area (Å²) >= 11 is 0. The molecule has 0 aliphatic carbocycles. The van der Waals surface area contributed by atoms with Crippen LogP contribution in [0.25, 0.3) is 5.57 Å². The van der Waals surface area contributed by atoms with Crippen molar-refractivity contribution in [3.05, 3.63) is 60.2 Å². The van der Waals surface area contributed by atoms with E-state index in [-0.39, 0.29) is 0 Å².